The molecule has 4 heteroatoms. The van der Waals surface area contributed by atoms with Crippen LogP contribution in [0.2, 0.25) is 0 Å². The Morgan fingerprint density at radius 2 is 2.17 bits per heavy atom. The predicted octanol–water partition coefficient (Wildman–Crippen LogP) is 3.16. The van der Waals surface area contributed by atoms with Gasteiger partial charge in [0.25, 0.3) is 0 Å². The van der Waals surface area contributed by atoms with Crippen LogP contribution in [0.1, 0.15) is 38.1 Å². The van der Waals surface area contributed by atoms with E-state index in [0.717, 1.165) is 29.7 Å². The maximum absolute atomic E-state index is 11.5. The third-order valence-electron chi connectivity index (χ3n) is 3.20. The molecule has 1 aromatic carbocycles. The van der Waals surface area contributed by atoms with Gasteiger partial charge in [0.2, 0.25) is 0 Å². The summed E-state index contributed by atoms with van der Waals surface area (Å²) in [4.78, 5) is 15.9. The molecule has 0 aliphatic carbocycles. The van der Waals surface area contributed by atoms with E-state index in [1.165, 1.54) is 0 Å². The topological polar surface area (TPSA) is 55.1 Å². The second-order valence-corrected chi connectivity index (χ2v) is 4.51. The number of imidazole rings is 1. The fraction of sp³-hybridized carbons (Fsp3) is 0.429. The molecule has 1 aromatic heterocycles. The molecule has 0 fully saturated rings. The number of rotatable bonds is 5. The molecular formula is C14H18N2O2. The molecule has 0 spiro atoms. The van der Waals surface area contributed by atoms with Crippen LogP contribution in [0.3, 0.4) is 0 Å². The molecule has 0 amide bonds. The van der Waals surface area contributed by atoms with E-state index in [0.29, 0.717) is 6.42 Å². The van der Waals surface area contributed by atoms with E-state index in [1.54, 1.807) is 0 Å². The maximum Gasteiger partial charge on any atom is 0.326 e. The summed E-state index contributed by atoms with van der Waals surface area (Å²) in [6.45, 7) is 3.93. The molecule has 0 saturated heterocycles. The van der Waals surface area contributed by atoms with Crippen LogP contribution in [0.15, 0.2) is 24.3 Å². The molecular weight excluding hydrogens is 228 g/mol. The molecule has 2 aromatic rings. The number of hydrogen-bond donors (Lipinski definition) is 1. The van der Waals surface area contributed by atoms with Crippen LogP contribution in [0.25, 0.3) is 11.0 Å². The van der Waals surface area contributed by atoms with E-state index in [2.05, 4.69) is 11.9 Å². The molecule has 2 rings (SSSR count). The summed E-state index contributed by atoms with van der Waals surface area (Å²) in [5.41, 5.74) is 1.76. The van der Waals surface area contributed by atoms with Crippen LogP contribution >= 0.6 is 0 Å². The first-order valence-electron chi connectivity index (χ1n) is 6.31. The van der Waals surface area contributed by atoms with E-state index in [1.807, 2.05) is 35.8 Å². The van der Waals surface area contributed by atoms with Gasteiger partial charge in [-0.15, -0.1) is 0 Å². The summed E-state index contributed by atoms with van der Waals surface area (Å²) >= 11 is 0. The number of aryl methyl sites for hydroxylation is 1. The average molecular weight is 246 g/mol. The first-order valence-corrected chi connectivity index (χ1v) is 6.31. The Morgan fingerprint density at radius 3 is 2.83 bits per heavy atom. The highest BCUT2D eigenvalue weighted by molar-refractivity contribution is 5.80. The van der Waals surface area contributed by atoms with Crippen molar-refractivity contribution in [2.75, 3.05) is 0 Å². The molecule has 1 heterocycles. The van der Waals surface area contributed by atoms with Crippen LogP contribution in [0.4, 0.5) is 0 Å². The average Bonchev–Trinajstić information content (AvgIpc) is 2.66. The number of fused-ring (bicyclic) bond motifs is 1. The molecule has 0 saturated carbocycles. The highest BCUT2D eigenvalue weighted by Gasteiger charge is 2.22. The van der Waals surface area contributed by atoms with Gasteiger partial charge in [-0.1, -0.05) is 31.9 Å². The number of benzene rings is 1. The van der Waals surface area contributed by atoms with Gasteiger partial charge in [0.15, 0.2) is 0 Å². The molecule has 1 unspecified atom stereocenters. The molecule has 1 atom stereocenters. The predicted molar refractivity (Wildman–Crippen MR) is 70.7 cm³/mol. The van der Waals surface area contributed by atoms with Crippen LogP contribution in [-0.2, 0) is 4.79 Å². The number of unbranched alkanes of at least 4 members (excludes halogenated alkanes) is 1. The maximum atomic E-state index is 11.5. The molecule has 0 aliphatic heterocycles. The minimum Gasteiger partial charge on any atom is -0.480 e. The van der Waals surface area contributed by atoms with Gasteiger partial charge in [0.1, 0.15) is 11.9 Å². The Hall–Kier alpha value is -1.84. The molecule has 0 aliphatic rings. The van der Waals surface area contributed by atoms with Crippen LogP contribution in [0.5, 0.6) is 0 Å². The highest BCUT2D eigenvalue weighted by atomic mass is 16.4. The summed E-state index contributed by atoms with van der Waals surface area (Å²) in [6, 6.07) is 7.16. The van der Waals surface area contributed by atoms with Crippen LogP contribution in [-0.4, -0.2) is 20.6 Å². The summed E-state index contributed by atoms with van der Waals surface area (Å²) in [7, 11) is 0. The van der Waals surface area contributed by atoms with Gasteiger partial charge < -0.3 is 9.67 Å². The van der Waals surface area contributed by atoms with Crippen LogP contribution < -0.4 is 0 Å². The Labute approximate surface area is 106 Å². The lowest BCUT2D eigenvalue weighted by Gasteiger charge is -2.16. The number of carbonyl (C=O) groups is 1. The zero-order valence-electron chi connectivity index (χ0n) is 10.8. The van der Waals surface area contributed by atoms with Crippen molar-refractivity contribution in [3.8, 4) is 0 Å². The lowest BCUT2D eigenvalue weighted by Crippen LogP contribution is -2.20. The highest BCUT2D eigenvalue weighted by Crippen LogP contribution is 2.24. The van der Waals surface area contributed by atoms with Gasteiger partial charge in [-0.25, -0.2) is 9.78 Å². The zero-order valence-corrected chi connectivity index (χ0v) is 10.8. The van der Waals surface area contributed by atoms with Crippen molar-refractivity contribution in [3.63, 3.8) is 0 Å². The van der Waals surface area contributed by atoms with Gasteiger partial charge in [-0.3, -0.25) is 0 Å². The Balaban J connectivity index is 2.49. The summed E-state index contributed by atoms with van der Waals surface area (Å²) in [5.74, 6) is -0.0191. The van der Waals surface area contributed by atoms with E-state index >= 15 is 0 Å². The van der Waals surface area contributed by atoms with Gasteiger partial charge in [-0.2, -0.15) is 0 Å². The van der Waals surface area contributed by atoms with Gasteiger partial charge in [-0.05, 0) is 25.5 Å². The zero-order chi connectivity index (χ0) is 13.1. The van der Waals surface area contributed by atoms with E-state index in [4.69, 9.17) is 0 Å². The Morgan fingerprint density at radius 1 is 1.44 bits per heavy atom. The summed E-state index contributed by atoms with van der Waals surface area (Å²) in [6.07, 6.45) is 2.55. The number of nitrogens with zero attached hydrogens (tertiary/aromatic N) is 2. The number of aliphatic carboxylic acids is 1. The second kappa shape index (κ2) is 5.21. The number of carboxylic acid groups (broad SMARTS) is 1. The standard InChI is InChI=1S/C14H18N2O2/c1-3-4-8-13(14(17)18)16-10(2)15-11-7-5-6-9-12(11)16/h5-7,9,13H,3-4,8H2,1-2H3,(H,17,18). The molecule has 1 N–H and O–H groups in total. The fourth-order valence-corrected chi connectivity index (χ4v) is 2.32. The van der Waals surface area contributed by atoms with Gasteiger partial charge in [0.05, 0.1) is 11.0 Å². The van der Waals surface area contributed by atoms with Crippen molar-refractivity contribution in [2.45, 2.75) is 39.2 Å². The van der Waals surface area contributed by atoms with Crippen molar-refractivity contribution in [1.82, 2.24) is 9.55 Å². The second-order valence-electron chi connectivity index (χ2n) is 4.51. The SMILES string of the molecule is CCCCC(C(=O)O)n1c(C)nc2ccccc21. The Bertz CT molecular complexity index is 560. The van der Waals surface area contributed by atoms with E-state index in [-0.39, 0.29) is 0 Å². The smallest absolute Gasteiger partial charge is 0.326 e. The fourth-order valence-electron chi connectivity index (χ4n) is 2.32. The van der Waals surface area contributed by atoms with E-state index in [9.17, 15) is 9.90 Å². The normalized spacial score (nSPS) is 12.8. The molecule has 0 radical (unpaired) electrons. The molecule has 4 nitrogen and oxygen atoms in total. The number of hydrogen-bond acceptors (Lipinski definition) is 2. The minimum absolute atomic E-state index is 0.516. The van der Waals surface area contributed by atoms with Gasteiger partial charge >= 0.3 is 5.97 Å². The largest absolute Gasteiger partial charge is 0.480 e. The van der Waals surface area contributed by atoms with E-state index < -0.39 is 12.0 Å². The van der Waals surface area contributed by atoms with Gasteiger partial charge in [0, 0.05) is 0 Å². The third kappa shape index (κ3) is 2.23. The lowest BCUT2D eigenvalue weighted by atomic mass is 10.1. The van der Waals surface area contributed by atoms with Crippen molar-refractivity contribution < 1.29 is 9.90 Å². The first-order chi connectivity index (χ1) is 8.65. The van der Waals surface area contributed by atoms with Crippen molar-refractivity contribution in [1.29, 1.82) is 0 Å². The monoisotopic (exact) mass is 246 g/mol. The third-order valence-corrected chi connectivity index (χ3v) is 3.20. The number of carboxylic acids is 1. The van der Waals surface area contributed by atoms with Crippen LogP contribution in [0, 0.1) is 6.92 Å². The minimum atomic E-state index is -0.783. The van der Waals surface area contributed by atoms with Crippen molar-refractivity contribution >= 4 is 17.0 Å². The molecule has 18 heavy (non-hydrogen) atoms. The first kappa shape index (κ1) is 12.6. The lowest BCUT2D eigenvalue weighted by molar-refractivity contribution is -0.141. The number of para-hydroxylation sites is 2. The molecule has 96 valence electrons. The summed E-state index contributed by atoms with van der Waals surface area (Å²) in [5, 5.41) is 9.41. The Kier molecular flexibility index (Phi) is 3.65. The molecule has 0 bridgehead atoms. The van der Waals surface area contributed by atoms with Crippen molar-refractivity contribution in [3.05, 3.63) is 30.1 Å². The number of aromatic nitrogens is 2. The quantitative estimate of drug-likeness (QED) is 0.881. The van der Waals surface area contributed by atoms with Crippen molar-refractivity contribution in [2.24, 2.45) is 0 Å². The summed E-state index contributed by atoms with van der Waals surface area (Å²) < 4.78 is 1.84.